The fourth-order valence-electron chi connectivity index (χ4n) is 5.09. The van der Waals surface area contributed by atoms with Crippen molar-refractivity contribution in [2.75, 3.05) is 58.9 Å². The van der Waals surface area contributed by atoms with Crippen molar-refractivity contribution >= 4 is 54.2 Å². The third kappa shape index (κ3) is 8.76. The molecular weight excluding hydrogens is 656 g/mol. The first-order chi connectivity index (χ1) is 21.9. The smallest absolute Gasteiger partial charge is 0.316 e. The number of carbonyl (C=O) groups excluding carboxylic acids is 1. The van der Waals surface area contributed by atoms with Gasteiger partial charge in [-0.1, -0.05) is 43.0 Å². The molecule has 3 aromatic rings. The lowest BCUT2D eigenvalue weighted by atomic mass is 10.0. The summed E-state index contributed by atoms with van der Waals surface area (Å²) >= 11 is 8.05. The van der Waals surface area contributed by atoms with Gasteiger partial charge in [0.15, 0.2) is 16.7 Å². The number of methoxy groups -OCH3 is 1. The largest absolute Gasteiger partial charge is 0.493 e. The normalized spacial score (nSPS) is 16.1. The Morgan fingerprint density at radius 2 is 1.93 bits per heavy atom. The van der Waals surface area contributed by atoms with Gasteiger partial charge < -0.3 is 23.5 Å². The zero-order chi connectivity index (χ0) is 33.1. The zero-order valence-electron chi connectivity index (χ0n) is 26.8. The highest BCUT2D eigenvalue weighted by atomic mass is 35.5. The molecule has 250 valence electrons. The van der Waals surface area contributed by atoms with Crippen molar-refractivity contribution in [3.8, 4) is 22.8 Å². The molecule has 2 aromatic heterocycles. The van der Waals surface area contributed by atoms with E-state index in [9.17, 15) is 13.6 Å². The zero-order valence-corrected chi connectivity index (χ0v) is 29.4. The Kier molecular flexibility index (Phi) is 10.9. The van der Waals surface area contributed by atoms with Gasteiger partial charge in [0, 0.05) is 57.6 Å². The van der Waals surface area contributed by atoms with Crippen molar-refractivity contribution in [3.63, 3.8) is 0 Å². The van der Waals surface area contributed by atoms with Crippen molar-refractivity contribution in [2.45, 2.75) is 56.8 Å². The summed E-state index contributed by atoms with van der Waals surface area (Å²) < 4.78 is 52.2. The van der Waals surface area contributed by atoms with Gasteiger partial charge in [0.25, 0.3) is 5.92 Å². The highest BCUT2D eigenvalue weighted by Crippen LogP contribution is 2.42. The van der Waals surface area contributed by atoms with Crippen LogP contribution < -0.4 is 9.47 Å². The van der Waals surface area contributed by atoms with Crippen LogP contribution in [0.4, 0.5) is 8.78 Å². The van der Waals surface area contributed by atoms with E-state index in [1.165, 1.54) is 18.9 Å². The van der Waals surface area contributed by atoms with Crippen LogP contribution in [0, 0.1) is 0 Å². The predicted octanol–water partition coefficient (Wildman–Crippen LogP) is 6.25. The van der Waals surface area contributed by atoms with E-state index in [0.29, 0.717) is 64.8 Å². The van der Waals surface area contributed by atoms with Gasteiger partial charge in [0.2, 0.25) is 0 Å². The minimum atomic E-state index is -2.67. The molecule has 0 saturated carbocycles. The SMILES string of the molecule is CCOC(=O)CSc1nc(-c2cc(OCCN3CCC(F)(F)C3)c(OC)cc2Cl)c2c(C3=NC3)cn(COCC[Si](C)(C)C)c2n1. The molecule has 5 rings (SSSR count). The van der Waals surface area contributed by atoms with Crippen LogP contribution in [-0.4, -0.2) is 104 Å². The Bertz CT molecular complexity index is 1620. The Hall–Kier alpha value is -2.78. The summed E-state index contributed by atoms with van der Waals surface area (Å²) in [6.45, 7) is 11.0. The van der Waals surface area contributed by atoms with E-state index in [1.807, 2.05) is 10.8 Å². The van der Waals surface area contributed by atoms with E-state index in [0.717, 1.165) is 22.7 Å². The summed E-state index contributed by atoms with van der Waals surface area (Å²) in [5.41, 5.74) is 3.53. The van der Waals surface area contributed by atoms with E-state index < -0.39 is 14.0 Å². The number of benzene rings is 1. The van der Waals surface area contributed by atoms with E-state index >= 15 is 0 Å². The lowest BCUT2D eigenvalue weighted by Gasteiger charge is -2.18. The third-order valence-corrected chi connectivity index (χ3v) is 10.4. The Morgan fingerprint density at radius 3 is 2.59 bits per heavy atom. The van der Waals surface area contributed by atoms with Gasteiger partial charge in [-0.15, -0.1) is 0 Å². The second kappa shape index (κ2) is 14.5. The molecule has 0 N–H and O–H groups in total. The van der Waals surface area contributed by atoms with Gasteiger partial charge in [0.1, 0.15) is 19.0 Å². The molecule has 4 heterocycles. The molecule has 0 radical (unpaired) electrons. The van der Waals surface area contributed by atoms with Gasteiger partial charge in [-0.05, 0) is 19.0 Å². The number of nitrogens with zero attached hydrogens (tertiary/aromatic N) is 5. The third-order valence-electron chi connectivity index (χ3n) is 7.60. The molecule has 10 nitrogen and oxygen atoms in total. The lowest BCUT2D eigenvalue weighted by molar-refractivity contribution is -0.139. The summed E-state index contributed by atoms with van der Waals surface area (Å²) in [4.78, 5) is 28.1. The molecule has 15 heteroatoms. The average molecular weight is 696 g/mol. The molecule has 1 saturated heterocycles. The molecule has 0 atom stereocenters. The van der Waals surface area contributed by atoms with Gasteiger partial charge in [-0.3, -0.25) is 14.7 Å². The van der Waals surface area contributed by atoms with Crippen LogP contribution in [0.1, 0.15) is 18.9 Å². The molecular formula is C31H40ClF2N5O5SSi. The van der Waals surface area contributed by atoms with Crippen molar-refractivity contribution in [1.29, 1.82) is 0 Å². The molecule has 0 spiro atoms. The van der Waals surface area contributed by atoms with Crippen LogP contribution in [0.3, 0.4) is 0 Å². The summed E-state index contributed by atoms with van der Waals surface area (Å²) in [7, 11) is 0.227. The van der Waals surface area contributed by atoms with E-state index in [4.69, 9.17) is 40.5 Å². The minimum absolute atomic E-state index is 0.0338. The van der Waals surface area contributed by atoms with Crippen LogP contribution in [0.25, 0.3) is 22.3 Å². The van der Waals surface area contributed by atoms with Crippen molar-refractivity contribution in [3.05, 3.63) is 28.9 Å². The molecule has 0 amide bonds. The van der Waals surface area contributed by atoms with Crippen LogP contribution in [0.15, 0.2) is 28.5 Å². The number of alkyl halides is 2. The molecule has 0 unspecified atom stereocenters. The quantitative estimate of drug-likeness (QED) is 0.0566. The number of fused-ring (bicyclic) bond motifs is 1. The number of ether oxygens (including phenoxy) is 4. The van der Waals surface area contributed by atoms with Crippen LogP contribution >= 0.6 is 23.4 Å². The molecule has 0 bridgehead atoms. The topological polar surface area (TPSA) is 100 Å². The predicted molar refractivity (Wildman–Crippen MR) is 179 cm³/mol. The van der Waals surface area contributed by atoms with Gasteiger partial charge >= 0.3 is 5.97 Å². The number of hydrogen-bond acceptors (Lipinski definition) is 10. The Labute approximate surface area is 277 Å². The second-order valence-electron chi connectivity index (χ2n) is 12.5. The number of carbonyl (C=O) groups is 1. The molecule has 1 fully saturated rings. The first kappa shape index (κ1) is 34.5. The van der Waals surface area contributed by atoms with E-state index in [2.05, 4.69) is 24.6 Å². The first-order valence-electron chi connectivity index (χ1n) is 15.3. The summed E-state index contributed by atoms with van der Waals surface area (Å²) in [6.07, 6.45) is 1.82. The van der Waals surface area contributed by atoms with Gasteiger partial charge in [-0.25, -0.2) is 18.7 Å². The molecule has 2 aliphatic heterocycles. The standard InChI is InChI=1S/C31H40ClF2N5O5SSi/c1-6-43-26(40)17-45-30-36-28(27-21(23-15-35-23)16-39(29(27)37-30)19-42-11-12-46(3,4)5)20-13-25(24(41-2)14-22(20)32)44-10-9-38-8-7-31(33,34)18-38/h13-14,16H,6-12,15,17-19H2,1-5H3. The maximum atomic E-state index is 13.7. The maximum absolute atomic E-state index is 13.7. The molecule has 1 aromatic carbocycles. The fraction of sp³-hybridized carbons (Fsp3) is 0.548. The van der Waals surface area contributed by atoms with Crippen LogP contribution in [0.5, 0.6) is 11.5 Å². The van der Waals surface area contributed by atoms with E-state index in [1.54, 1.807) is 24.0 Å². The number of likely N-dealkylation sites (tertiary alicyclic amines) is 1. The summed E-state index contributed by atoms with van der Waals surface area (Å²) in [5, 5.41) is 1.49. The number of aromatic nitrogens is 3. The van der Waals surface area contributed by atoms with Crippen molar-refractivity contribution < 1.29 is 32.5 Å². The highest BCUT2D eigenvalue weighted by molar-refractivity contribution is 7.99. The number of esters is 1. The van der Waals surface area contributed by atoms with Crippen molar-refractivity contribution in [2.24, 2.45) is 4.99 Å². The Morgan fingerprint density at radius 1 is 1.15 bits per heavy atom. The van der Waals surface area contributed by atoms with Gasteiger partial charge in [0.05, 0.1) is 54.4 Å². The second-order valence-corrected chi connectivity index (χ2v) is 19.5. The number of hydrogen-bond donors (Lipinski definition) is 0. The number of aliphatic imine (C=N–C) groups is 1. The molecule has 2 aliphatic rings. The summed E-state index contributed by atoms with van der Waals surface area (Å²) in [5.74, 6) is -2.20. The Balaban J connectivity index is 1.52. The lowest BCUT2D eigenvalue weighted by Crippen LogP contribution is -2.29. The fourth-order valence-corrected chi connectivity index (χ4v) is 6.73. The number of halogens is 3. The number of rotatable bonds is 16. The average Bonchev–Trinajstić information content (AvgIpc) is 3.69. The van der Waals surface area contributed by atoms with Crippen LogP contribution in [0.2, 0.25) is 30.7 Å². The monoisotopic (exact) mass is 695 g/mol. The minimum Gasteiger partial charge on any atom is -0.493 e. The highest BCUT2D eigenvalue weighted by Gasteiger charge is 2.37. The maximum Gasteiger partial charge on any atom is 0.316 e. The number of thioether (sulfide) groups is 1. The summed E-state index contributed by atoms with van der Waals surface area (Å²) in [6, 6.07) is 4.43. The molecule has 46 heavy (non-hydrogen) atoms. The molecule has 0 aliphatic carbocycles. The van der Waals surface area contributed by atoms with Crippen LogP contribution in [-0.2, 0) is 21.0 Å². The van der Waals surface area contributed by atoms with Gasteiger partial charge in [-0.2, -0.15) is 0 Å². The van der Waals surface area contributed by atoms with Crippen molar-refractivity contribution in [1.82, 2.24) is 19.4 Å². The first-order valence-corrected chi connectivity index (χ1v) is 20.4. The van der Waals surface area contributed by atoms with E-state index in [-0.39, 0.29) is 44.6 Å².